The van der Waals surface area contributed by atoms with E-state index in [4.69, 9.17) is 21.1 Å². The predicted molar refractivity (Wildman–Crippen MR) is 114 cm³/mol. The van der Waals surface area contributed by atoms with Crippen molar-refractivity contribution in [2.45, 2.75) is 77.6 Å². The van der Waals surface area contributed by atoms with E-state index in [1.807, 2.05) is 0 Å². The minimum Gasteiger partial charge on any atom is -0.497 e. The van der Waals surface area contributed by atoms with Crippen LogP contribution in [0.2, 0.25) is 0 Å². The average molecular weight is 416 g/mol. The lowest BCUT2D eigenvalue weighted by Gasteiger charge is -2.08. The van der Waals surface area contributed by atoms with E-state index >= 15 is 0 Å². The molecule has 1 heterocycles. The summed E-state index contributed by atoms with van der Waals surface area (Å²) in [5.41, 5.74) is 0. The molecule has 1 rings (SSSR count). The van der Waals surface area contributed by atoms with Crippen molar-refractivity contribution in [1.29, 1.82) is 0 Å². The molecule has 0 aliphatic heterocycles. The van der Waals surface area contributed by atoms with Crippen molar-refractivity contribution in [3.05, 3.63) is 18.3 Å². The maximum absolute atomic E-state index is 12.1. The summed E-state index contributed by atoms with van der Waals surface area (Å²) in [7, 11) is -2.29. The first-order valence-corrected chi connectivity index (χ1v) is 11.9. The normalized spacial score (nSPS) is 11.3. The zero-order valence-corrected chi connectivity index (χ0v) is 18.2. The summed E-state index contributed by atoms with van der Waals surface area (Å²) < 4.78 is 34.2. The SMILES string of the molecule is CCCCCCCCCCCCC(=S)CS(=O)(=O)Oc1cc(OC)ccn1. The number of pyridine rings is 1. The molecule has 0 amide bonds. The molecule has 0 bridgehead atoms. The molecular weight excluding hydrogens is 382 g/mol. The minimum atomic E-state index is -3.78. The van der Waals surface area contributed by atoms with Crippen LogP contribution in [0.15, 0.2) is 18.3 Å². The van der Waals surface area contributed by atoms with Crippen LogP contribution in [0.5, 0.6) is 11.6 Å². The molecule has 0 aliphatic carbocycles. The number of rotatable bonds is 16. The third-order valence-corrected chi connectivity index (χ3v) is 5.96. The lowest BCUT2D eigenvalue weighted by molar-refractivity contribution is 0.409. The topological polar surface area (TPSA) is 65.5 Å². The molecule has 5 nitrogen and oxygen atoms in total. The second-order valence-electron chi connectivity index (χ2n) is 6.79. The Morgan fingerprint density at radius 2 is 1.63 bits per heavy atom. The first-order chi connectivity index (χ1) is 13.0. The smallest absolute Gasteiger partial charge is 0.315 e. The first-order valence-electron chi connectivity index (χ1n) is 9.90. The molecule has 0 aromatic carbocycles. The second-order valence-corrected chi connectivity index (χ2v) is 8.94. The Morgan fingerprint density at radius 3 is 2.22 bits per heavy atom. The van der Waals surface area contributed by atoms with Crippen LogP contribution in [-0.4, -0.2) is 31.1 Å². The first kappa shape index (κ1) is 23.8. The lowest BCUT2D eigenvalue weighted by Crippen LogP contribution is -2.20. The van der Waals surface area contributed by atoms with Gasteiger partial charge in [-0.2, -0.15) is 8.42 Å². The van der Waals surface area contributed by atoms with Crippen LogP contribution < -0.4 is 8.92 Å². The van der Waals surface area contributed by atoms with Gasteiger partial charge in [0.25, 0.3) is 0 Å². The molecule has 0 radical (unpaired) electrons. The van der Waals surface area contributed by atoms with Crippen molar-refractivity contribution in [3.63, 3.8) is 0 Å². The third-order valence-electron chi connectivity index (χ3n) is 4.30. The standard InChI is InChI=1S/C20H33NO4S2/c1-3-4-5-6-7-8-9-10-11-12-13-19(26)17-27(22,23)25-20-16-18(24-2)14-15-21-20/h14-16H,3-13,17H2,1-2H3. The average Bonchev–Trinajstić information content (AvgIpc) is 2.62. The lowest BCUT2D eigenvalue weighted by atomic mass is 10.1. The van der Waals surface area contributed by atoms with E-state index in [0.29, 0.717) is 17.0 Å². The fourth-order valence-electron chi connectivity index (χ4n) is 2.80. The molecule has 0 unspecified atom stereocenters. The number of thiocarbonyl (C=S) groups is 1. The number of ether oxygens (including phenoxy) is 1. The monoisotopic (exact) mass is 415 g/mol. The molecule has 1 aromatic rings. The van der Waals surface area contributed by atoms with Gasteiger partial charge in [0.15, 0.2) is 0 Å². The summed E-state index contributed by atoms with van der Waals surface area (Å²) in [6.45, 7) is 2.23. The summed E-state index contributed by atoms with van der Waals surface area (Å²) in [5.74, 6) is 0.234. The zero-order valence-electron chi connectivity index (χ0n) is 16.6. The molecule has 7 heteroatoms. The van der Waals surface area contributed by atoms with Gasteiger partial charge in [-0.3, -0.25) is 0 Å². The number of methoxy groups -OCH3 is 1. The molecule has 27 heavy (non-hydrogen) atoms. The van der Waals surface area contributed by atoms with Crippen molar-refractivity contribution < 1.29 is 17.3 Å². The van der Waals surface area contributed by atoms with Crippen LogP contribution in [0.3, 0.4) is 0 Å². The number of hydrogen-bond acceptors (Lipinski definition) is 6. The Morgan fingerprint density at radius 1 is 1.04 bits per heavy atom. The molecular formula is C20H33NO4S2. The zero-order chi connectivity index (χ0) is 20.0. The van der Waals surface area contributed by atoms with Gasteiger partial charge in [0.1, 0.15) is 11.5 Å². The summed E-state index contributed by atoms with van der Waals surface area (Å²) in [6, 6.07) is 3.05. The van der Waals surface area contributed by atoms with Gasteiger partial charge in [-0.1, -0.05) is 76.9 Å². The van der Waals surface area contributed by atoms with Crippen LogP contribution in [0.25, 0.3) is 0 Å². The van der Waals surface area contributed by atoms with Gasteiger partial charge in [0, 0.05) is 17.1 Å². The number of hydrogen-bond donors (Lipinski definition) is 0. The Balaban J connectivity index is 2.16. The molecule has 1 aromatic heterocycles. The van der Waals surface area contributed by atoms with E-state index in [-0.39, 0.29) is 11.6 Å². The van der Waals surface area contributed by atoms with Crippen molar-refractivity contribution in [2.24, 2.45) is 0 Å². The van der Waals surface area contributed by atoms with Crippen molar-refractivity contribution in [2.75, 3.05) is 12.9 Å². The maximum Gasteiger partial charge on any atom is 0.315 e. The van der Waals surface area contributed by atoms with Gasteiger partial charge in [-0.15, -0.1) is 0 Å². The molecule has 0 fully saturated rings. The van der Waals surface area contributed by atoms with E-state index in [9.17, 15) is 8.42 Å². The molecule has 0 spiro atoms. The van der Waals surface area contributed by atoms with Gasteiger partial charge >= 0.3 is 10.1 Å². The van der Waals surface area contributed by atoms with Crippen LogP contribution in [0, 0.1) is 0 Å². The highest BCUT2D eigenvalue weighted by atomic mass is 32.2. The highest BCUT2D eigenvalue weighted by molar-refractivity contribution is 7.90. The minimum absolute atomic E-state index is 0.00362. The molecule has 0 saturated heterocycles. The number of aromatic nitrogens is 1. The highest BCUT2D eigenvalue weighted by Crippen LogP contribution is 2.18. The van der Waals surface area contributed by atoms with Gasteiger partial charge in [-0.25, -0.2) is 4.98 Å². The summed E-state index contributed by atoms with van der Waals surface area (Å²) >= 11 is 5.22. The fourth-order valence-corrected chi connectivity index (χ4v) is 4.33. The summed E-state index contributed by atoms with van der Waals surface area (Å²) in [6.07, 6.45) is 14.5. The Labute approximate surface area is 170 Å². The van der Waals surface area contributed by atoms with E-state index in [2.05, 4.69) is 11.9 Å². The van der Waals surface area contributed by atoms with Gasteiger partial charge in [0.2, 0.25) is 5.88 Å². The van der Waals surface area contributed by atoms with Crippen LogP contribution in [-0.2, 0) is 10.1 Å². The van der Waals surface area contributed by atoms with Crippen LogP contribution >= 0.6 is 12.2 Å². The number of nitrogens with zero attached hydrogens (tertiary/aromatic N) is 1. The van der Waals surface area contributed by atoms with Gasteiger partial charge < -0.3 is 8.92 Å². The van der Waals surface area contributed by atoms with E-state index < -0.39 is 10.1 Å². The molecule has 0 atom stereocenters. The van der Waals surface area contributed by atoms with Gasteiger partial charge in [0.05, 0.1) is 7.11 Å². The van der Waals surface area contributed by atoms with Crippen molar-refractivity contribution in [3.8, 4) is 11.6 Å². The molecule has 0 N–H and O–H groups in total. The molecule has 154 valence electrons. The summed E-state index contributed by atoms with van der Waals surface area (Å²) in [5, 5.41) is 0. The fraction of sp³-hybridized carbons (Fsp3) is 0.700. The quantitative estimate of drug-likeness (QED) is 0.202. The third kappa shape index (κ3) is 12.0. The Hall–Kier alpha value is -1.21. The number of unbranched alkanes of at least 4 members (excludes halogenated alkanes) is 9. The highest BCUT2D eigenvalue weighted by Gasteiger charge is 2.17. The second kappa shape index (κ2) is 13.9. The molecule has 0 saturated carbocycles. The largest absolute Gasteiger partial charge is 0.497 e. The van der Waals surface area contributed by atoms with Gasteiger partial charge in [-0.05, 0) is 18.9 Å². The van der Waals surface area contributed by atoms with Crippen molar-refractivity contribution in [1.82, 2.24) is 4.98 Å². The molecule has 0 aliphatic rings. The van der Waals surface area contributed by atoms with E-state index in [0.717, 1.165) is 12.8 Å². The van der Waals surface area contributed by atoms with Crippen LogP contribution in [0.1, 0.15) is 77.6 Å². The van der Waals surface area contributed by atoms with E-state index in [1.54, 1.807) is 6.07 Å². The Bertz CT molecular complexity index is 647. The Kier molecular flexibility index (Phi) is 12.3. The van der Waals surface area contributed by atoms with Crippen LogP contribution in [0.4, 0.5) is 0 Å². The maximum atomic E-state index is 12.1. The predicted octanol–water partition coefficient (Wildman–Crippen LogP) is 5.48. The summed E-state index contributed by atoms with van der Waals surface area (Å²) in [4.78, 5) is 4.39. The van der Waals surface area contributed by atoms with E-state index in [1.165, 1.54) is 70.7 Å². The van der Waals surface area contributed by atoms with Crippen molar-refractivity contribution >= 4 is 27.2 Å².